The van der Waals surface area contributed by atoms with Gasteiger partial charge in [0.1, 0.15) is 5.82 Å². The molecule has 1 aliphatic rings. The van der Waals surface area contributed by atoms with Crippen molar-refractivity contribution in [3.8, 4) is 0 Å². The largest absolute Gasteiger partial charge is 0.349 e. The topological polar surface area (TPSA) is 46.9 Å². The number of hydrogen-bond acceptors (Lipinski definition) is 2. The summed E-state index contributed by atoms with van der Waals surface area (Å²) in [5.41, 5.74) is 3.26. The second-order valence-corrected chi connectivity index (χ2v) is 8.20. The van der Waals surface area contributed by atoms with E-state index in [4.69, 9.17) is 4.98 Å². The van der Waals surface area contributed by atoms with Crippen LogP contribution in [-0.2, 0) is 17.9 Å². The SMILES string of the molecule is O=C(NCc1nc2ccccc2n1Cc1cccc(Br)c1)C1CCCCC1. The minimum Gasteiger partial charge on any atom is -0.349 e. The lowest BCUT2D eigenvalue weighted by molar-refractivity contribution is -0.126. The van der Waals surface area contributed by atoms with Gasteiger partial charge in [-0.15, -0.1) is 0 Å². The van der Waals surface area contributed by atoms with Crippen molar-refractivity contribution in [3.05, 3.63) is 64.4 Å². The van der Waals surface area contributed by atoms with Crippen LogP contribution in [-0.4, -0.2) is 15.5 Å². The highest BCUT2D eigenvalue weighted by Crippen LogP contribution is 2.24. The summed E-state index contributed by atoms with van der Waals surface area (Å²) >= 11 is 3.55. The highest BCUT2D eigenvalue weighted by molar-refractivity contribution is 9.10. The maximum absolute atomic E-state index is 12.5. The summed E-state index contributed by atoms with van der Waals surface area (Å²) in [7, 11) is 0. The molecule has 0 aliphatic heterocycles. The smallest absolute Gasteiger partial charge is 0.223 e. The molecular weight excluding hydrogens is 402 g/mol. The fourth-order valence-corrected chi connectivity index (χ4v) is 4.38. The van der Waals surface area contributed by atoms with Crippen molar-refractivity contribution in [3.63, 3.8) is 0 Å². The average molecular weight is 426 g/mol. The van der Waals surface area contributed by atoms with Gasteiger partial charge < -0.3 is 9.88 Å². The fourth-order valence-electron chi connectivity index (χ4n) is 3.93. The molecule has 1 N–H and O–H groups in total. The molecule has 0 saturated heterocycles. The van der Waals surface area contributed by atoms with Gasteiger partial charge in [0.15, 0.2) is 0 Å². The molecule has 0 radical (unpaired) electrons. The number of halogens is 1. The summed E-state index contributed by atoms with van der Waals surface area (Å²) in [6, 6.07) is 16.5. The number of hydrogen-bond donors (Lipinski definition) is 1. The van der Waals surface area contributed by atoms with Crippen molar-refractivity contribution >= 4 is 32.9 Å². The zero-order valence-electron chi connectivity index (χ0n) is 15.3. The normalized spacial score (nSPS) is 15.1. The van der Waals surface area contributed by atoms with E-state index >= 15 is 0 Å². The van der Waals surface area contributed by atoms with Gasteiger partial charge in [0, 0.05) is 16.9 Å². The first-order chi connectivity index (χ1) is 13.2. The van der Waals surface area contributed by atoms with Gasteiger partial charge in [0.25, 0.3) is 0 Å². The minimum atomic E-state index is 0.168. The van der Waals surface area contributed by atoms with Crippen LogP contribution in [0.3, 0.4) is 0 Å². The van der Waals surface area contributed by atoms with E-state index in [0.717, 1.165) is 40.7 Å². The van der Waals surface area contributed by atoms with Crippen molar-refractivity contribution in [2.45, 2.75) is 45.2 Å². The first-order valence-electron chi connectivity index (χ1n) is 9.67. The van der Waals surface area contributed by atoms with Crippen LogP contribution < -0.4 is 5.32 Å². The Bertz CT molecular complexity index is 944. The van der Waals surface area contributed by atoms with E-state index in [2.05, 4.69) is 44.0 Å². The van der Waals surface area contributed by atoms with Crippen LogP contribution in [0.15, 0.2) is 53.0 Å². The van der Waals surface area contributed by atoms with Gasteiger partial charge in [-0.1, -0.05) is 59.5 Å². The molecule has 1 aromatic heterocycles. The molecule has 1 heterocycles. The van der Waals surface area contributed by atoms with Crippen LogP contribution in [0.25, 0.3) is 11.0 Å². The van der Waals surface area contributed by atoms with Crippen LogP contribution in [0.1, 0.15) is 43.5 Å². The minimum absolute atomic E-state index is 0.168. The molecule has 0 spiro atoms. The van der Waals surface area contributed by atoms with E-state index < -0.39 is 0 Å². The first-order valence-corrected chi connectivity index (χ1v) is 10.5. The summed E-state index contributed by atoms with van der Waals surface area (Å²) in [5, 5.41) is 3.14. The quantitative estimate of drug-likeness (QED) is 0.621. The van der Waals surface area contributed by atoms with Crippen molar-refractivity contribution in [1.82, 2.24) is 14.9 Å². The Morgan fingerprint density at radius 3 is 2.74 bits per heavy atom. The van der Waals surface area contributed by atoms with Gasteiger partial charge in [-0.3, -0.25) is 4.79 Å². The third-order valence-electron chi connectivity index (χ3n) is 5.36. The number of imidazole rings is 1. The molecule has 0 bridgehead atoms. The first kappa shape index (κ1) is 18.2. The van der Waals surface area contributed by atoms with E-state index in [0.29, 0.717) is 6.54 Å². The summed E-state index contributed by atoms with van der Waals surface area (Å²) in [4.78, 5) is 17.3. The molecule has 1 amide bonds. The molecule has 0 atom stereocenters. The number of carbonyl (C=O) groups is 1. The number of amides is 1. The average Bonchev–Trinajstić information content (AvgIpc) is 3.04. The highest BCUT2D eigenvalue weighted by atomic mass is 79.9. The molecule has 4 nitrogen and oxygen atoms in total. The van der Waals surface area contributed by atoms with Crippen molar-refractivity contribution in [1.29, 1.82) is 0 Å². The Morgan fingerprint density at radius 1 is 1.11 bits per heavy atom. The number of carbonyl (C=O) groups excluding carboxylic acids is 1. The number of rotatable bonds is 5. The van der Waals surface area contributed by atoms with Gasteiger partial charge in [-0.05, 0) is 42.7 Å². The Kier molecular flexibility index (Phi) is 5.58. The Hall–Kier alpha value is -2.14. The van der Waals surface area contributed by atoms with E-state index in [-0.39, 0.29) is 11.8 Å². The zero-order chi connectivity index (χ0) is 18.6. The predicted molar refractivity (Wildman–Crippen MR) is 111 cm³/mol. The Morgan fingerprint density at radius 2 is 1.93 bits per heavy atom. The van der Waals surface area contributed by atoms with Crippen molar-refractivity contribution in [2.75, 3.05) is 0 Å². The van der Waals surface area contributed by atoms with Gasteiger partial charge in [-0.2, -0.15) is 0 Å². The lowest BCUT2D eigenvalue weighted by Crippen LogP contribution is -2.32. The standard InChI is InChI=1S/C22H24BrN3O/c23-18-10-6-7-16(13-18)15-26-20-12-5-4-11-19(20)25-21(26)14-24-22(27)17-8-2-1-3-9-17/h4-7,10-13,17H,1-3,8-9,14-15H2,(H,24,27). The van der Waals surface area contributed by atoms with Crippen LogP contribution in [0, 0.1) is 5.92 Å². The van der Waals surface area contributed by atoms with Gasteiger partial charge in [0.2, 0.25) is 5.91 Å². The Labute approximate surface area is 168 Å². The van der Waals surface area contributed by atoms with Crippen molar-refractivity contribution in [2.24, 2.45) is 5.92 Å². The summed E-state index contributed by atoms with van der Waals surface area (Å²) < 4.78 is 3.27. The molecule has 5 heteroatoms. The summed E-state index contributed by atoms with van der Waals surface area (Å²) in [5.74, 6) is 1.25. The number of para-hydroxylation sites is 2. The number of benzene rings is 2. The van der Waals surface area contributed by atoms with Crippen LogP contribution >= 0.6 is 15.9 Å². The zero-order valence-corrected chi connectivity index (χ0v) is 16.9. The number of aromatic nitrogens is 2. The van der Waals surface area contributed by atoms with Crippen LogP contribution in [0.2, 0.25) is 0 Å². The summed E-state index contributed by atoms with van der Waals surface area (Å²) in [6.07, 6.45) is 5.62. The summed E-state index contributed by atoms with van der Waals surface area (Å²) in [6.45, 7) is 1.20. The van der Waals surface area contributed by atoms with E-state index in [1.54, 1.807) is 0 Å². The molecule has 2 aromatic carbocycles. The molecule has 4 rings (SSSR count). The number of nitrogens with one attached hydrogen (secondary N) is 1. The van der Waals surface area contributed by atoms with Gasteiger partial charge in [0.05, 0.1) is 17.6 Å². The second-order valence-electron chi connectivity index (χ2n) is 7.29. The van der Waals surface area contributed by atoms with Gasteiger partial charge >= 0.3 is 0 Å². The highest BCUT2D eigenvalue weighted by Gasteiger charge is 2.21. The second kappa shape index (κ2) is 8.26. The molecule has 1 aliphatic carbocycles. The molecule has 140 valence electrons. The molecule has 1 fully saturated rings. The maximum atomic E-state index is 12.5. The maximum Gasteiger partial charge on any atom is 0.223 e. The number of fused-ring (bicyclic) bond motifs is 1. The third kappa shape index (κ3) is 4.24. The number of nitrogens with zero attached hydrogens (tertiary/aromatic N) is 2. The van der Waals surface area contributed by atoms with E-state index in [1.165, 1.54) is 24.8 Å². The van der Waals surface area contributed by atoms with Crippen molar-refractivity contribution < 1.29 is 4.79 Å². The third-order valence-corrected chi connectivity index (χ3v) is 5.85. The van der Waals surface area contributed by atoms with Crippen LogP contribution in [0.5, 0.6) is 0 Å². The molecular formula is C22H24BrN3O. The molecule has 0 unspecified atom stereocenters. The molecule has 27 heavy (non-hydrogen) atoms. The van der Waals surface area contributed by atoms with Gasteiger partial charge in [-0.25, -0.2) is 4.98 Å². The van der Waals surface area contributed by atoms with E-state index in [1.807, 2.05) is 30.3 Å². The van der Waals surface area contributed by atoms with E-state index in [9.17, 15) is 4.79 Å². The monoisotopic (exact) mass is 425 g/mol. The molecule has 3 aromatic rings. The fraction of sp³-hybridized carbons (Fsp3) is 0.364. The van der Waals surface area contributed by atoms with Crippen LogP contribution in [0.4, 0.5) is 0 Å². The lowest BCUT2D eigenvalue weighted by atomic mass is 9.89. The molecule has 1 saturated carbocycles. The predicted octanol–water partition coefficient (Wildman–Crippen LogP) is 5.04. The lowest BCUT2D eigenvalue weighted by Gasteiger charge is -2.20. The Balaban J connectivity index is 1.57.